The highest BCUT2D eigenvalue weighted by atomic mass is 32.2. The first-order valence-electron chi connectivity index (χ1n) is 9.62. The van der Waals surface area contributed by atoms with E-state index >= 15 is 0 Å². The molecule has 2 atom stereocenters. The van der Waals surface area contributed by atoms with E-state index < -0.39 is 0 Å². The molecule has 0 unspecified atom stereocenters. The van der Waals surface area contributed by atoms with E-state index in [1.165, 1.54) is 31.0 Å². The van der Waals surface area contributed by atoms with Crippen molar-refractivity contribution in [3.05, 3.63) is 24.3 Å². The summed E-state index contributed by atoms with van der Waals surface area (Å²) >= 11 is 1.47. The molecule has 1 aromatic heterocycles. The monoisotopic (exact) mass is 388 g/mol. The minimum absolute atomic E-state index is 0.0275. The molecular formula is C20H28N4O2S. The van der Waals surface area contributed by atoms with Crippen molar-refractivity contribution in [3.8, 4) is 17.1 Å². The first-order valence-corrected chi connectivity index (χ1v) is 10.6. The summed E-state index contributed by atoms with van der Waals surface area (Å²) in [5, 5.41) is 12.6. The van der Waals surface area contributed by atoms with E-state index in [1.54, 1.807) is 7.11 Å². The number of hydrogen-bond acceptors (Lipinski definition) is 5. The summed E-state index contributed by atoms with van der Waals surface area (Å²) in [4.78, 5) is 11.9. The van der Waals surface area contributed by atoms with Gasteiger partial charge >= 0.3 is 0 Å². The van der Waals surface area contributed by atoms with Crippen LogP contribution in [-0.2, 0) is 4.79 Å². The number of carbonyl (C=O) groups excluding carboxylic acids is 1. The minimum Gasteiger partial charge on any atom is -0.497 e. The Morgan fingerprint density at radius 3 is 2.67 bits per heavy atom. The number of thioether (sulfide) groups is 1. The lowest BCUT2D eigenvalue weighted by molar-refractivity contribution is -0.118. The first-order chi connectivity index (χ1) is 13.1. The zero-order valence-electron chi connectivity index (χ0n) is 16.3. The van der Waals surface area contributed by atoms with Gasteiger partial charge in [-0.2, -0.15) is 0 Å². The lowest BCUT2D eigenvalue weighted by atomic mass is 9.85. The number of aromatic nitrogens is 3. The van der Waals surface area contributed by atoms with Gasteiger partial charge in [0.15, 0.2) is 11.0 Å². The largest absolute Gasteiger partial charge is 0.497 e. The summed E-state index contributed by atoms with van der Waals surface area (Å²) in [5.41, 5.74) is 1.02. The minimum atomic E-state index is 0.0275. The van der Waals surface area contributed by atoms with Gasteiger partial charge in [0.05, 0.1) is 12.9 Å². The van der Waals surface area contributed by atoms with Gasteiger partial charge in [0.1, 0.15) is 5.75 Å². The SMILES string of the molecule is CCNC(=O)CSc1nnc(-c2ccc(OC)cc2)n1[C@@H]1CCCC[C@@H]1C. The Labute approximate surface area is 165 Å². The van der Waals surface area contributed by atoms with E-state index in [-0.39, 0.29) is 5.91 Å². The Bertz CT molecular complexity index is 760. The van der Waals surface area contributed by atoms with Crippen molar-refractivity contribution in [2.24, 2.45) is 5.92 Å². The maximum absolute atomic E-state index is 11.9. The molecule has 7 heteroatoms. The molecule has 2 aromatic rings. The van der Waals surface area contributed by atoms with Crippen LogP contribution < -0.4 is 10.1 Å². The standard InChI is InChI=1S/C20H28N4O2S/c1-4-21-18(25)13-27-20-23-22-19(15-9-11-16(26-3)12-10-15)24(20)17-8-6-5-7-14(17)2/h9-12,14,17H,4-8,13H2,1-3H3,(H,21,25)/t14-,17+/m0/s1. The van der Waals surface area contributed by atoms with Gasteiger partial charge in [0.2, 0.25) is 5.91 Å². The molecule has 1 saturated carbocycles. The van der Waals surface area contributed by atoms with E-state index in [0.717, 1.165) is 28.7 Å². The summed E-state index contributed by atoms with van der Waals surface area (Å²) in [7, 11) is 1.66. The van der Waals surface area contributed by atoms with Gasteiger partial charge in [-0.3, -0.25) is 9.36 Å². The molecule has 1 heterocycles. The quantitative estimate of drug-likeness (QED) is 0.728. The van der Waals surface area contributed by atoms with Gasteiger partial charge in [-0.15, -0.1) is 10.2 Å². The van der Waals surface area contributed by atoms with Crippen LogP contribution >= 0.6 is 11.8 Å². The molecule has 0 spiro atoms. The van der Waals surface area contributed by atoms with Crippen LogP contribution in [0.4, 0.5) is 0 Å². The van der Waals surface area contributed by atoms with E-state index in [4.69, 9.17) is 4.74 Å². The second-order valence-electron chi connectivity index (χ2n) is 6.98. The van der Waals surface area contributed by atoms with Crippen LogP contribution in [0.3, 0.4) is 0 Å². The molecule has 6 nitrogen and oxygen atoms in total. The molecule has 0 aliphatic heterocycles. The van der Waals surface area contributed by atoms with Crippen LogP contribution in [0.2, 0.25) is 0 Å². The number of ether oxygens (including phenoxy) is 1. The Balaban J connectivity index is 1.93. The Hall–Kier alpha value is -2.02. The third kappa shape index (κ3) is 4.64. The lowest BCUT2D eigenvalue weighted by Crippen LogP contribution is -2.25. The van der Waals surface area contributed by atoms with Crippen LogP contribution in [0.15, 0.2) is 29.4 Å². The summed E-state index contributed by atoms with van der Waals surface area (Å²) in [6.45, 7) is 4.87. The van der Waals surface area contributed by atoms with Crippen molar-refractivity contribution in [1.29, 1.82) is 0 Å². The van der Waals surface area contributed by atoms with Gasteiger partial charge in [-0.1, -0.05) is 31.5 Å². The molecule has 0 radical (unpaired) electrons. The number of rotatable bonds is 7. The van der Waals surface area contributed by atoms with Crippen LogP contribution in [0.25, 0.3) is 11.4 Å². The van der Waals surface area contributed by atoms with E-state index in [0.29, 0.717) is 24.3 Å². The van der Waals surface area contributed by atoms with Crippen molar-refractivity contribution in [3.63, 3.8) is 0 Å². The normalized spacial score (nSPS) is 19.7. The molecule has 1 fully saturated rings. The lowest BCUT2D eigenvalue weighted by Gasteiger charge is -2.31. The molecule has 27 heavy (non-hydrogen) atoms. The van der Waals surface area contributed by atoms with Crippen molar-refractivity contribution in [2.45, 2.75) is 50.7 Å². The summed E-state index contributed by atoms with van der Waals surface area (Å²) in [5.74, 6) is 2.64. The van der Waals surface area contributed by atoms with Gasteiger partial charge < -0.3 is 10.1 Å². The van der Waals surface area contributed by atoms with E-state index in [9.17, 15) is 4.79 Å². The molecule has 146 valence electrons. The highest BCUT2D eigenvalue weighted by Crippen LogP contribution is 2.39. The zero-order chi connectivity index (χ0) is 19.2. The van der Waals surface area contributed by atoms with Crippen LogP contribution in [-0.4, -0.2) is 40.1 Å². The maximum atomic E-state index is 11.9. The Kier molecular flexibility index (Phi) is 6.77. The Morgan fingerprint density at radius 1 is 1.26 bits per heavy atom. The van der Waals surface area contributed by atoms with Gasteiger partial charge in [0, 0.05) is 18.2 Å². The molecule has 1 aromatic carbocycles. The molecule has 0 saturated heterocycles. The van der Waals surface area contributed by atoms with Crippen molar-refractivity contribution < 1.29 is 9.53 Å². The van der Waals surface area contributed by atoms with Crippen molar-refractivity contribution >= 4 is 17.7 Å². The van der Waals surface area contributed by atoms with E-state index in [2.05, 4.69) is 27.0 Å². The molecular weight excluding hydrogens is 360 g/mol. The van der Waals surface area contributed by atoms with Crippen LogP contribution in [0.5, 0.6) is 5.75 Å². The average molecular weight is 389 g/mol. The number of benzene rings is 1. The van der Waals surface area contributed by atoms with Crippen LogP contribution in [0, 0.1) is 5.92 Å². The molecule has 1 aliphatic carbocycles. The first kappa shape index (κ1) is 19.7. The molecule has 3 rings (SSSR count). The molecule has 1 N–H and O–H groups in total. The van der Waals surface area contributed by atoms with Crippen molar-refractivity contribution in [1.82, 2.24) is 20.1 Å². The van der Waals surface area contributed by atoms with Gasteiger partial charge in [0.25, 0.3) is 0 Å². The molecule has 0 bridgehead atoms. The highest BCUT2D eigenvalue weighted by molar-refractivity contribution is 7.99. The fourth-order valence-corrected chi connectivity index (χ4v) is 4.49. The predicted molar refractivity (Wildman–Crippen MR) is 108 cm³/mol. The van der Waals surface area contributed by atoms with Gasteiger partial charge in [-0.05, 0) is 49.9 Å². The fourth-order valence-electron chi connectivity index (χ4n) is 3.67. The number of carbonyl (C=O) groups is 1. The fraction of sp³-hybridized carbons (Fsp3) is 0.550. The van der Waals surface area contributed by atoms with Gasteiger partial charge in [-0.25, -0.2) is 0 Å². The van der Waals surface area contributed by atoms with E-state index in [1.807, 2.05) is 31.2 Å². The molecule has 1 aliphatic rings. The number of nitrogens with one attached hydrogen (secondary N) is 1. The molecule has 1 amide bonds. The van der Waals surface area contributed by atoms with Crippen molar-refractivity contribution in [2.75, 3.05) is 19.4 Å². The summed E-state index contributed by atoms with van der Waals surface area (Å²) in [6, 6.07) is 8.29. The summed E-state index contributed by atoms with van der Waals surface area (Å²) in [6.07, 6.45) is 4.83. The predicted octanol–water partition coefficient (Wildman–Crippen LogP) is 3.93. The number of amides is 1. The summed E-state index contributed by atoms with van der Waals surface area (Å²) < 4.78 is 7.53. The topological polar surface area (TPSA) is 69.0 Å². The zero-order valence-corrected chi connectivity index (χ0v) is 17.1. The number of hydrogen-bond donors (Lipinski definition) is 1. The maximum Gasteiger partial charge on any atom is 0.230 e. The highest BCUT2D eigenvalue weighted by Gasteiger charge is 2.28. The van der Waals surface area contributed by atoms with Crippen LogP contribution in [0.1, 0.15) is 45.6 Å². The number of nitrogens with zero attached hydrogens (tertiary/aromatic N) is 3. The average Bonchev–Trinajstić information content (AvgIpc) is 3.11. The smallest absolute Gasteiger partial charge is 0.230 e. The second-order valence-corrected chi connectivity index (χ2v) is 7.92. The Morgan fingerprint density at radius 2 is 2.00 bits per heavy atom. The third-order valence-corrected chi connectivity index (χ3v) is 6.06. The second kappa shape index (κ2) is 9.26. The third-order valence-electron chi connectivity index (χ3n) is 5.12. The number of methoxy groups -OCH3 is 1.